The number of aromatic amines is 1. The minimum absolute atomic E-state index is 0.169. The summed E-state index contributed by atoms with van der Waals surface area (Å²) in [5.74, 6) is -1.34. The van der Waals surface area contributed by atoms with E-state index in [2.05, 4.69) is 21.0 Å². The van der Waals surface area contributed by atoms with Gasteiger partial charge in [-0.25, -0.2) is 9.97 Å². The number of H-pyrrole nitrogens is 1. The minimum Gasteiger partial charge on any atom is -0.481 e. The Morgan fingerprint density at radius 3 is 2.50 bits per heavy atom. The van der Waals surface area contributed by atoms with Crippen LogP contribution in [0.3, 0.4) is 0 Å². The smallest absolute Gasteiger partial charge is 0.306 e. The summed E-state index contributed by atoms with van der Waals surface area (Å²) >= 11 is 0. The molecule has 160 valence electrons. The molecule has 1 aliphatic heterocycles. The summed E-state index contributed by atoms with van der Waals surface area (Å²) in [7, 11) is 0. The number of carbonyl (C=O) groups is 2. The zero-order valence-corrected chi connectivity index (χ0v) is 17.4. The largest absolute Gasteiger partial charge is 0.481 e. The molecule has 1 saturated heterocycles. The number of carbonyl (C=O) groups excluding carboxylic acids is 1. The SMILES string of the molecule is O=C(O)C1CCN(C(=O)c2cccc(-c3cnc4[nH]c(-c5ccccc5)cc4c3)n2)CC1. The number of aliphatic carboxylic acids is 1. The Labute approximate surface area is 184 Å². The van der Waals surface area contributed by atoms with E-state index in [1.165, 1.54) is 0 Å². The van der Waals surface area contributed by atoms with Gasteiger partial charge in [-0.2, -0.15) is 0 Å². The summed E-state index contributed by atoms with van der Waals surface area (Å²) in [5.41, 5.74) is 4.73. The fourth-order valence-electron chi connectivity index (χ4n) is 4.13. The summed E-state index contributed by atoms with van der Waals surface area (Å²) in [5, 5.41) is 10.1. The second-order valence-electron chi connectivity index (χ2n) is 8.02. The zero-order chi connectivity index (χ0) is 22.1. The fraction of sp³-hybridized carbons (Fsp3) is 0.200. The van der Waals surface area contributed by atoms with Crippen LogP contribution < -0.4 is 0 Å². The monoisotopic (exact) mass is 426 g/mol. The highest BCUT2D eigenvalue weighted by molar-refractivity contribution is 5.93. The quantitative estimate of drug-likeness (QED) is 0.509. The number of amides is 1. The van der Waals surface area contributed by atoms with E-state index in [1.54, 1.807) is 17.2 Å². The predicted octanol–water partition coefficient (Wildman–Crippen LogP) is 4.23. The van der Waals surface area contributed by atoms with E-state index in [0.717, 1.165) is 27.9 Å². The van der Waals surface area contributed by atoms with Crippen molar-refractivity contribution in [3.63, 3.8) is 0 Å². The maximum Gasteiger partial charge on any atom is 0.306 e. The normalized spacial score (nSPS) is 14.6. The minimum atomic E-state index is -0.791. The first-order valence-electron chi connectivity index (χ1n) is 10.6. The van der Waals surface area contributed by atoms with Crippen molar-refractivity contribution in [2.24, 2.45) is 5.92 Å². The van der Waals surface area contributed by atoms with Gasteiger partial charge in [-0.3, -0.25) is 9.59 Å². The topological polar surface area (TPSA) is 99.2 Å². The molecule has 3 aromatic heterocycles. The molecule has 4 aromatic rings. The van der Waals surface area contributed by atoms with Crippen LogP contribution in [0.15, 0.2) is 66.9 Å². The van der Waals surface area contributed by atoms with Crippen LogP contribution in [0, 0.1) is 5.92 Å². The Morgan fingerprint density at radius 2 is 1.75 bits per heavy atom. The van der Waals surface area contributed by atoms with Crippen molar-refractivity contribution in [2.45, 2.75) is 12.8 Å². The number of carboxylic acids is 1. The lowest BCUT2D eigenvalue weighted by molar-refractivity contribution is -0.143. The number of carboxylic acid groups (broad SMARTS) is 1. The molecule has 0 aliphatic carbocycles. The standard InChI is InChI=1S/C25H22N4O3/c30-24(29-11-9-17(10-12-29)25(31)32)21-8-4-7-20(27-21)19-13-18-14-22(28-23(18)26-15-19)16-5-2-1-3-6-16/h1-8,13-15,17H,9-12H2,(H,26,28)(H,31,32). The third kappa shape index (κ3) is 3.85. The highest BCUT2D eigenvalue weighted by Gasteiger charge is 2.28. The molecule has 1 fully saturated rings. The first kappa shape index (κ1) is 19.9. The molecule has 0 saturated carbocycles. The van der Waals surface area contributed by atoms with E-state index in [4.69, 9.17) is 5.11 Å². The lowest BCUT2D eigenvalue weighted by Crippen LogP contribution is -2.40. The maximum atomic E-state index is 12.9. The summed E-state index contributed by atoms with van der Waals surface area (Å²) in [6.07, 6.45) is 2.69. The molecular weight excluding hydrogens is 404 g/mol. The van der Waals surface area contributed by atoms with Gasteiger partial charge in [0.05, 0.1) is 11.6 Å². The molecule has 1 aliphatic rings. The zero-order valence-electron chi connectivity index (χ0n) is 17.4. The van der Waals surface area contributed by atoms with E-state index >= 15 is 0 Å². The molecule has 1 amide bonds. The Hall–Kier alpha value is -4.00. The van der Waals surface area contributed by atoms with Gasteiger partial charge in [0.15, 0.2) is 0 Å². The first-order chi connectivity index (χ1) is 15.6. The number of fused-ring (bicyclic) bond motifs is 1. The van der Waals surface area contributed by atoms with E-state index in [-0.39, 0.29) is 11.8 Å². The number of pyridine rings is 2. The molecule has 0 spiro atoms. The van der Waals surface area contributed by atoms with E-state index < -0.39 is 5.97 Å². The maximum absolute atomic E-state index is 12.9. The number of hydrogen-bond donors (Lipinski definition) is 2. The van der Waals surface area contributed by atoms with Crippen LogP contribution in [0.25, 0.3) is 33.5 Å². The van der Waals surface area contributed by atoms with Gasteiger partial charge in [-0.1, -0.05) is 36.4 Å². The van der Waals surface area contributed by atoms with Crippen LogP contribution in [-0.2, 0) is 4.79 Å². The van der Waals surface area contributed by atoms with Gasteiger partial charge >= 0.3 is 5.97 Å². The fourth-order valence-corrected chi connectivity index (χ4v) is 4.13. The molecular formula is C25H22N4O3. The Kier molecular flexibility index (Phi) is 5.15. The number of piperidine rings is 1. The van der Waals surface area contributed by atoms with E-state index in [9.17, 15) is 9.59 Å². The molecule has 4 heterocycles. The van der Waals surface area contributed by atoms with Crippen LogP contribution in [0.2, 0.25) is 0 Å². The van der Waals surface area contributed by atoms with Crippen molar-refractivity contribution < 1.29 is 14.7 Å². The second kappa shape index (κ2) is 8.26. The second-order valence-corrected chi connectivity index (χ2v) is 8.02. The third-order valence-corrected chi connectivity index (χ3v) is 5.95. The predicted molar refractivity (Wildman–Crippen MR) is 121 cm³/mol. The van der Waals surface area contributed by atoms with Gasteiger partial charge in [-0.05, 0) is 42.7 Å². The molecule has 2 N–H and O–H groups in total. The Balaban J connectivity index is 1.39. The van der Waals surface area contributed by atoms with Crippen molar-refractivity contribution in [3.05, 3.63) is 72.6 Å². The van der Waals surface area contributed by atoms with Crippen LogP contribution in [0.4, 0.5) is 0 Å². The van der Waals surface area contributed by atoms with Crippen molar-refractivity contribution >= 4 is 22.9 Å². The number of aromatic nitrogens is 3. The van der Waals surface area contributed by atoms with Crippen LogP contribution in [0.1, 0.15) is 23.3 Å². The summed E-state index contributed by atoms with van der Waals surface area (Å²) in [6, 6.07) is 19.5. The average Bonchev–Trinajstić information content (AvgIpc) is 3.28. The molecule has 5 rings (SSSR count). The molecule has 0 radical (unpaired) electrons. The van der Waals surface area contributed by atoms with Gasteiger partial charge in [0, 0.05) is 35.9 Å². The van der Waals surface area contributed by atoms with Gasteiger partial charge in [0.25, 0.3) is 5.91 Å². The van der Waals surface area contributed by atoms with E-state index in [0.29, 0.717) is 37.3 Å². The molecule has 0 unspecified atom stereocenters. The summed E-state index contributed by atoms with van der Waals surface area (Å²) < 4.78 is 0. The summed E-state index contributed by atoms with van der Waals surface area (Å²) in [6.45, 7) is 0.863. The molecule has 0 atom stereocenters. The van der Waals surface area contributed by atoms with Crippen molar-refractivity contribution in [3.8, 4) is 22.5 Å². The lowest BCUT2D eigenvalue weighted by Gasteiger charge is -2.29. The molecule has 0 bridgehead atoms. The van der Waals surface area contributed by atoms with Crippen LogP contribution in [0.5, 0.6) is 0 Å². The number of benzene rings is 1. The Morgan fingerprint density at radius 1 is 0.969 bits per heavy atom. The van der Waals surface area contributed by atoms with Gasteiger partial charge < -0.3 is 15.0 Å². The molecule has 1 aromatic carbocycles. The highest BCUT2D eigenvalue weighted by Crippen LogP contribution is 2.27. The van der Waals surface area contributed by atoms with Crippen molar-refractivity contribution in [1.82, 2.24) is 19.9 Å². The lowest BCUT2D eigenvalue weighted by atomic mass is 9.97. The third-order valence-electron chi connectivity index (χ3n) is 5.95. The van der Waals surface area contributed by atoms with Crippen LogP contribution in [-0.4, -0.2) is 49.9 Å². The van der Waals surface area contributed by atoms with Gasteiger partial charge in [0.2, 0.25) is 0 Å². The first-order valence-corrected chi connectivity index (χ1v) is 10.6. The summed E-state index contributed by atoms with van der Waals surface area (Å²) in [4.78, 5) is 38.2. The number of likely N-dealkylation sites (tertiary alicyclic amines) is 1. The number of rotatable bonds is 4. The molecule has 7 heteroatoms. The van der Waals surface area contributed by atoms with Crippen molar-refractivity contribution in [1.29, 1.82) is 0 Å². The number of hydrogen-bond acceptors (Lipinski definition) is 4. The van der Waals surface area contributed by atoms with E-state index in [1.807, 2.05) is 48.5 Å². The molecule has 32 heavy (non-hydrogen) atoms. The number of nitrogens with zero attached hydrogens (tertiary/aromatic N) is 3. The van der Waals surface area contributed by atoms with Gasteiger partial charge in [0.1, 0.15) is 11.3 Å². The Bertz CT molecular complexity index is 1290. The number of nitrogens with one attached hydrogen (secondary N) is 1. The molecule has 7 nitrogen and oxygen atoms in total. The van der Waals surface area contributed by atoms with Crippen LogP contribution >= 0.6 is 0 Å². The average molecular weight is 426 g/mol. The van der Waals surface area contributed by atoms with Gasteiger partial charge in [-0.15, -0.1) is 0 Å². The van der Waals surface area contributed by atoms with Crippen molar-refractivity contribution in [2.75, 3.05) is 13.1 Å². The highest BCUT2D eigenvalue weighted by atomic mass is 16.4.